The van der Waals surface area contributed by atoms with E-state index >= 15 is 0 Å². The van der Waals surface area contributed by atoms with Gasteiger partial charge in [-0.15, -0.1) is 0 Å². The van der Waals surface area contributed by atoms with Gasteiger partial charge in [0.15, 0.2) is 0 Å². The van der Waals surface area contributed by atoms with E-state index in [1.165, 1.54) is 6.42 Å². The van der Waals surface area contributed by atoms with Gasteiger partial charge in [0.25, 0.3) is 0 Å². The average Bonchev–Trinajstić information content (AvgIpc) is 2.59. The minimum Gasteiger partial charge on any atom is -0.486 e. The molecule has 4 nitrogen and oxygen atoms in total. The van der Waals surface area contributed by atoms with Crippen LogP contribution in [-0.4, -0.2) is 10.7 Å². The first-order valence-corrected chi connectivity index (χ1v) is 10.0. The maximum absolute atomic E-state index is 12.0. The minimum absolute atomic E-state index is 0.274. The molecule has 0 bridgehead atoms. The maximum Gasteiger partial charge on any atom is 0.336 e. The molecule has 140 valence electrons. The third-order valence-electron chi connectivity index (χ3n) is 6.10. The maximum atomic E-state index is 12.0. The summed E-state index contributed by atoms with van der Waals surface area (Å²) in [5.41, 5.74) is 2.78. The van der Waals surface area contributed by atoms with Crippen molar-refractivity contribution in [3.63, 3.8) is 0 Å². The number of aliphatic hydroxyl groups is 1. The van der Waals surface area contributed by atoms with Crippen molar-refractivity contribution in [3.05, 3.63) is 39.2 Å². The molecule has 1 fully saturated rings. The fraction of sp³-hybridized carbons (Fsp3) is 0.591. The first kappa shape index (κ1) is 17.6. The number of hydrogen-bond donors (Lipinski definition) is 1. The first-order valence-electron chi connectivity index (χ1n) is 10.0. The Morgan fingerprint density at radius 3 is 2.73 bits per heavy atom. The normalized spacial score (nSPS) is 21.6. The van der Waals surface area contributed by atoms with Crippen LogP contribution in [-0.2, 0) is 6.42 Å². The smallest absolute Gasteiger partial charge is 0.336 e. The Kier molecular flexibility index (Phi) is 4.55. The topological polar surface area (TPSA) is 59.7 Å². The molecule has 1 saturated carbocycles. The van der Waals surface area contributed by atoms with Crippen molar-refractivity contribution >= 4 is 11.0 Å². The summed E-state index contributed by atoms with van der Waals surface area (Å²) < 4.78 is 12.2. The Morgan fingerprint density at radius 2 is 2.00 bits per heavy atom. The monoisotopic (exact) mass is 356 g/mol. The van der Waals surface area contributed by atoms with E-state index in [2.05, 4.69) is 6.92 Å². The van der Waals surface area contributed by atoms with Gasteiger partial charge < -0.3 is 14.3 Å². The van der Waals surface area contributed by atoms with E-state index in [4.69, 9.17) is 9.15 Å². The average molecular weight is 356 g/mol. The van der Waals surface area contributed by atoms with Crippen LogP contribution < -0.4 is 10.4 Å². The van der Waals surface area contributed by atoms with Gasteiger partial charge in [-0.05, 0) is 62.6 Å². The van der Waals surface area contributed by atoms with Crippen molar-refractivity contribution in [2.75, 3.05) is 0 Å². The molecular formula is C22H28O4. The number of rotatable bonds is 3. The lowest BCUT2D eigenvalue weighted by Crippen LogP contribution is -2.43. The molecule has 2 heterocycles. The van der Waals surface area contributed by atoms with Gasteiger partial charge in [0.2, 0.25) is 0 Å². The summed E-state index contributed by atoms with van der Waals surface area (Å²) in [6.45, 7) is 4.10. The Morgan fingerprint density at radius 1 is 1.23 bits per heavy atom. The van der Waals surface area contributed by atoms with Gasteiger partial charge in [0, 0.05) is 18.1 Å². The molecule has 0 saturated heterocycles. The predicted molar refractivity (Wildman–Crippen MR) is 102 cm³/mol. The van der Waals surface area contributed by atoms with Crippen molar-refractivity contribution in [3.8, 4) is 5.75 Å². The Balaban J connectivity index is 1.94. The van der Waals surface area contributed by atoms with Gasteiger partial charge in [-0.25, -0.2) is 4.79 Å². The number of fused-ring (bicyclic) bond motifs is 3. The van der Waals surface area contributed by atoms with Crippen LogP contribution in [0, 0.1) is 6.92 Å². The molecule has 1 atom stereocenters. The predicted octanol–water partition coefficient (Wildman–Crippen LogP) is 4.96. The second kappa shape index (κ2) is 6.73. The highest BCUT2D eigenvalue weighted by atomic mass is 16.5. The Labute approximate surface area is 154 Å². The zero-order valence-corrected chi connectivity index (χ0v) is 15.8. The second-order valence-electron chi connectivity index (χ2n) is 8.07. The molecule has 2 aliphatic rings. The van der Waals surface area contributed by atoms with Crippen LogP contribution in [0.1, 0.15) is 81.1 Å². The molecule has 1 aliphatic carbocycles. The van der Waals surface area contributed by atoms with Gasteiger partial charge >= 0.3 is 5.63 Å². The number of ether oxygens (including phenoxy) is 1. The van der Waals surface area contributed by atoms with E-state index in [9.17, 15) is 9.90 Å². The zero-order chi connectivity index (χ0) is 18.3. The molecule has 1 unspecified atom stereocenters. The second-order valence-corrected chi connectivity index (χ2v) is 8.07. The van der Waals surface area contributed by atoms with Crippen molar-refractivity contribution in [1.29, 1.82) is 0 Å². The van der Waals surface area contributed by atoms with E-state index in [1.807, 2.05) is 13.0 Å². The molecule has 26 heavy (non-hydrogen) atoms. The highest BCUT2D eigenvalue weighted by molar-refractivity contribution is 5.89. The van der Waals surface area contributed by atoms with Crippen molar-refractivity contribution in [2.45, 2.75) is 83.3 Å². The van der Waals surface area contributed by atoms with Gasteiger partial charge in [0.1, 0.15) is 16.9 Å². The SMILES string of the molecule is CCCCc1cc(=O)oc2cc(C)c3c(c12)OC1(CCCCC1)CC3O. The minimum atomic E-state index is -0.521. The summed E-state index contributed by atoms with van der Waals surface area (Å²) in [6.07, 6.45) is 8.52. The molecule has 4 rings (SSSR count). The van der Waals surface area contributed by atoms with E-state index in [-0.39, 0.29) is 11.2 Å². The van der Waals surface area contributed by atoms with Crippen LogP contribution in [0.5, 0.6) is 5.75 Å². The van der Waals surface area contributed by atoms with E-state index in [0.717, 1.165) is 72.8 Å². The highest BCUT2D eigenvalue weighted by Gasteiger charge is 2.43. The summed E-state index contributed by atoms with van der Waals surface area (Å²) in [7, 11) is 0. The van der Waals surface area contributed by atoms with Crippen molar-refractivity contribution in [2.24, 2.45) is 0 Å². The number of hydrogen-bond acceptors (Lipinski definition) is 4. The highest BCUT2D eigenvalue weighted by Crippen LogP contribution is 2.50. The van der Waals surface area contributed by atoms with Crippen LogP contribution in [0.3, 0.4) is 0 Å². The van der Waals surface area contributed by atoms with Crippen molar-refractivity contribution in [1.82, 2.24) is 0 Å². The summed E-state index contributed by atoms with van der Waals surface area (Å²) in [6, 6.07) is 3.49. The fourth-order valence-corrected chi connectivity index (χ4v) is 4.81. The standard InChI is InChI=1S/C22H28O4/c1-3-4-8-15-12-18(24)25-17-11-14(2)19-16(23)13-22(9-6-5-7-10-22)26-21(19)20(15)17/h11-12,16,23H,3-10,13H2,1-2H3. The number of aryl methyl sites for hydroxylation is 2. The van der Waals surface area contributed by atoms with E-state index < -0.39 is 6.10 Å². The zero-order valence-electron chi connectivity index (χ0n) is 15.8. The van der Waals surface area contributed by atoms with Crippen LogP contribution in [0.4, 0.5) is 0 Å². The first-order chi connectivity index (χ1) is 12.5. The Hall–Kier alpha value is -1.81. The lowest BCUT2D eigenvalue weighted by molar-refractivity contribution is -0.0372. The lowest BCUT2D eigenvalue weighted by Gasteiger charge is -2.44. The number of aliphatic hydroxyl groups excluding tert-OH is 1. The molecule has 1 spiro atoms. The third-order valence-corrected chi connectivity index (χ3v) is 6.10. The molecular weight excluding hydrogens is 328 g/mol. The summed E-state index contributed by atoms with van der Waals surface area (Å²) in [5.74, 6) is 0.760. The van der Waals surface area contributed by atoms with E-state index in [0.29, 0.717) is 12.0 Å². The van der Waals surface area contributed by atoms with Gasteiger partial charge in [-0.2, -0.15) is 0 Å². The van der Waals surface area contributed by atoms with Crippen LogP contribution >= 0.6 is 0 Å². The van der Waals surface area contributed by atoms with Gasteiger partial charge in [-0.1, -0.05) is 19.8 Å². The molecule has 4 heteroatoms. The molecule has 1 aliphatic heterocycles. The molecule has 1 aromatic carbocycles. The van der Waals surface area contributed by atoms with Crippen molar-refractivity contribution < 1.29 is 14.3 Å². The van der Waals surface area contributed by atoms with Gasteiger partial charge in [-0.3, -0.25) is 0 Å². The quantitative estimate of drug-likeness (QED) is 0.790. The summed E-state index contributed by atoms with van der Waals surface area (Å²) in [4.78, 5) is 12.0. The fourth-order valence-electron chi connectivity index (χ4n) is 4.81. The lowest BCUT2D eigenvalue weighted by atomic mass is 9.77. The van der Waals surface area contributed by atoms with Crippen LogP contribution in [0.25, 0.3) is 11.0 Å². The van der Waals surface area contributed by atoms with Gasteiger partial charge in [0.05, 0.1) is 11.5 Å². The molecule has 0 radical (unpaired) electrons. The number of benzene rings is 1. The van der Waals surface area contributed by atoms with Crippen LogP contribution in [0.15, 0.2) is 21.3 Å². The summed E-state index contributed by atoms with van der Waals surface area (Å²) >= 11 is 0. The molecule has 2 aromatic rings. The van der Waals surface area contributed by atoms with Crippen LogP contribution in [0.2, 0.25) is 0 Å². The third kappa shape index (κ3) is 2.94. The molecule has 1 N–H and O–H groups in total. The largest absolute Gasteiger partial charge is 0.486 e. The molecule has 1 aromatic heterocycles. The summed E-state index contributed by atoms with van der Waals surface area (Å²) in [5, 5.41) is 11.9. The number of unbranched alkanes of at least 4 members (excludes halogenated alkanes) is 1. The Bertz CT molecular complexity index is 874. The molecule has 0 amide bonds. The van der Waals surface area contributed by atoms with E-state index in [1.54, 1.807) is 6.07 Å².